The van der Waals surface area contributed by atoms with Crippen molar-refractivity contribution in [3.63, 3.8) is 0 Å². The molecule has 0 bridgehead atoms. The van der Waals surface area contributed by atoms with Gasteiger partial charge in [0.25, 0.3) is 0 Å². The zero-order chi connectivity index (χ0) is 33.0. The predicted octanol–water partition coefficient (Wildman–Crippen LogP) is 13.9. The highest BCUT2D eigenvalue weighted by Crippen LogP contribution is 2.57. The third kappa shape index (κ3) is 5.39. The van der Waals surface area contributed by atoms with Gasteiger partial charge in [-0.3, -0.25) is 0 Å². The van der Waals surface area contributed by atoms with Gasteiger partial charge in [0, 0.05) is 35.6 Å². The maximum absolute atomic E-state index is 2.50. The molecule has 7 aromatic carbocycles. The van der Waals surface area contributed by atoms with Crippen molar-refractivity contribution in [2.75, 3.05) is 4.90 Å². The van der Waals surface area contributed by atoms with Gasteiger partial charge in [-0.15, -0.1) is 0 Å². The van der Waals surface area contributed by atoms with Gasteiger partial charge in [-0.25, -0.2) is 0 Å². The maximum Gasteiger partial charge on any atom is 0.0613 e. The summed E-state index contributed by atoms with van der Waals surface area (Å²) in [6, 6.07) is 59.9. The second kappa shape index (κ2) is 12.4. The van der Waals surface area contributed by atoms with Gasteiger partial charge in [-0.1, -0.05) is 164 Å². The summed E-state index contributed by atoms with van der Waals surface area (Å²) >= 11 is 5.65. The lowest BCUT2D eigenvalue weighted by Gasteiger charge is -2.38. The topological polar surface area (TPSA) is 3.24 Å². The number of nitrogens with zero attached hydrogens (tertiary/aromatic N) is 1. The summed E-state index contributed by atoms with van der Waals surface area (Å²) in [5.41, 5.74) is 11.1. The third-order valence-corrected chi connectivity index (χ3v) is 13.4. The van der Waals surface area contributed by atoms with Crippen molar-refractivity contribution in [2.24, 2.45) is 0 Å². The lowest BCUT2D eigenvalue weighted by atomic mass is 9.77. The summed E-state index contributed by atoms with van der Waals surface area (Å²) in [4.78, 5) is 10.4. The molecule has 0 atom stereocenters. The summed E-state index contributed by atoms with van der Waals surface area (Å²) in [5, 5.41) is 0. The average Bonchev–Trinajstić information content (AvgIpc) is 3.15. The van der Waals surface area contributed by atoms with Gasteiger partial charge in [0.1, 0.15) is 0 Å². The van der Waals surface area contributed by atoms with Crippen LogP contribution in [0.5, 0.6) is 0 Å². The Balaban J connectivity index is 1.17. The molecule has 1 nitrogen and oxygen atoms in total. The number of hydrogen-bond acceptors (Lipinski definition) is 4. The molecule has 0 aliphatic carbocycles. The lowest BCUT2D eigenvalue weighted by molar-refractivity contribution is 0.607. The first-order valence-corrected chi connectivity index (χ1v) is 19.0. The van der Waals surface area contributed by atoms with Crippen LogP contribution in [0.2, 0.25) is 0 Å². The van der Waals surface area contributed by atoms with Crippen molar-refractivity contribution < 1.29 is 0 Å². The Hall–Kier alpha value is -4.61. The highest BCUT2D eigenvalue weighted by molar-refractivity contribution is 8.05. The molecule has 49 heavy (non-hydrogen) atoms. The van der Waals surface area contributed by atoms with Crippen LogP contribution < -0.4 is 4.90 Å². The van der Waals surface area contributed by atoms with Crippen LogP contribution in [0.25, 0.3) is 22.3 Å². The Labute approximate surface area is 301 Å². The van der Waals surface area contributed by atoms with E-state index >= 15 is 0 Å². The van der Waals surface area contributed by atoms with Gasteiger partial charge in [0.2, 0.25) is 0 Å². The van der Waals surface area contributed by atoms with E-state index in [0.29, 0.717) is 0 Å². The van der Waals surface area contributed by atoms with Gasteiger partial charge >= 0.3 is 0 Å². The van der Waals surface area contributed by atoms with Crippen LogP contribution in [-0.4, -0.2) is 0 Å². The van der Waals surface area contributed by atoms with Gasteiger partial charge in [0.15, 0.2) is 0 Å². The monoisotopic (exact) mass is 683 g/mol. The van der Waals surface area contributed by atoms with E-state index in [4.69, 9.17) is 0 Å². The Morgan fingerprint density at radius 2 is 0.837 bits per heavy atom. The molecule has 0 N–H and O–H groups in total. The molecule has 0 radical (unpaired) electrons. The van der Waals surface area contributed by atoms with Gasteiger partial charge in [0.05, 0.1) is 16.3 Å². The van der Waals surface area contributed by atoms with Gasteiger partial charge in [-0.2, -0.15) is 0 Å². The van der Waals surface area contributed by atoms with E-state index in [-0.39, 0.29) is 5.41 Å². The lowest BCUT2D eigenvalue weighted by Crippen LogP contribution is -2.25. The standard InChI is InChI=1S/C45H33NS3/c1-45(2)35-14-6-7-18-39(35)48-43-36(45)15-10-16-37(43)46(38-17-11-21-42-44(38)49-41-20-9-8-19-40(41)47-42)34-28-26-33(27-29-34)32-24-22-31(23-25-32)30-12-4-3-5-13-30/h3-29H,1-2H3. The van der Waals surface area contributed by atoms with E-state index < -0.39 is 0 Å². The van der Waals surface area contributed by atoms with Crippen molar-refractivity contribution in [3.05, 3.63) is 175 Å². The minimum atomic E-state index is -0.117. The average molecular weight is 684 g/mol. The van der Waals surface area contributed by atoms with Crippen molar-refractivity contribution in [1.29, 1.82) is 0 Å². The molecule has 4 heteroatoms. The molecule has 0 unspecified atom stereocenters. The molecule has 0 spiro atoms. The van der Waals surface area contributed by atoms with Crippen LogP contribution in [0.4, 0.5) is 17.1 Å². The third-order valence-electron chi connectivity index (χ3n) is 9.61. The molecule has 2 aliphatic heterocycles. The minimum Gasteiger partial charge on any atom is -0.308 e. The fourth-order valence-electron chi connectivity index (χ4n) is 7.03. The summed E-state index contributed by atoms with van der Waals surface area (Å²) < 4.78 is 0. The highest BCUT2D eigenvalue weighted by Gasteiger charge is 2.36. The van der Waals surface area contributed by atoms with Crippen molar-refractivity contribution in [1.82, 2.24) is 0 Å². The van der Waals surface area contributed by atoms with Crippen LogP contribution in [0.3, 0.4) is 0 Å². The van der Waals surface area contributed by atoms with Gasteiger partial charge in [-0.05, 0) is 81.9 Å². The molecule has 0 fully saturated rings. The Morgan fingerprint density at radius 1 is 0.367 bits per heavy atom. The normalized spacial score (nSPS) is 13.8. The SMILES string of the molecule is CC1(C)c2ccccc2Sc2c(N(c3ccc(-c4ccc(-c5ccccc5)cc4)cc3)c3cccc4c3Sc3ccccc3S4)cccc21. The van der Waals surface area contributed by atoms with Crippen LogP contribution in [-0.2, 0) is 5.41 Å². The van der Waals surface area contributed by atoms with Gasteiger partial charge < -0.3 is 4.90 Å². The summed E-state index contributed by atoms with van der Waals surface area (Å²) in [7, 11) is 0. The number of rotatable bonds is 5. The first-order chi connectivity index (χ1) is 24.0. The second-order valence-electron chi connectivity index (χ2n) is 13.0. The molecule has 9 rings (SSSR count). The number of hydrogen-bond donors (Lipinski definition) is 0. The molecule has 0 saturated heterocycles. The molecule has 236 valence electrons. The quantitative estimate of drug-likeness (QED) is 0.178. The predicted molar refractivity (Wildman–Crippen MR) is 209 cm³/mol. The molecule has 0 amide bonds. The Kier molecular flexibility index (Phi) is 7.69. The molecule has 7 aromatic rings. The van der Waals surface area contributed by atoms with Crippen LogP contribution in [0.1, 0.15) is 25.0 Å². The highest BCUT2D eigenvalue weighted by atomic mass is 32.2. The van der Waals surface area contributed by atoms with Crippen molar-refractivity contribution >= 4 is 52.3 Å². The maximum atomic E-state index is 2.50. The van der Waals surface area contributed by atoms with E-state index in [0.717, 1.165) is 5.69 Å². The summed E-state index contributed by atoms with van der Waals surface area (Å²) in [6.45, 7) is 4.73. The Bertz CT molecular complexity index is 2330. The largest absolute Gasteiger partial charge is 0.308 e. The molecule has 2 heterocycles. The van der Waals surface area contributed by atoms with Crippen LogP contribution in [0.15, 0.2) is 193 Å². The number of fused-ring (bicyclic) bond motifs is 4. The second-order valence-corrected chi connectivity index (χ2v) is 16.1. The number of benzene rings is 7. The number of anilines is 3. The molecule has 2 aliphatic rings. The molecule has 0 aromatic heterocycles. The fraction of sp³-hybridized carbons (Fsp3) is 0.0667. The van der Waals surface area contributed by atoms with E-state index in [1.54, 1.807) is 0 Å². The van der Waals surface area contributed by atoms with E-state index in [1.165, 1.54) is 74.1 Å². The first-order valence-electron chi connectivity index (χ1n) is 16.6. The smallest absolute Gasteiger partial charge is 0.0613 e. The van der Waals surface area contributed by atoms with Crippen LogP contribution in [0, 0.1) is 0 Å². The van der Waals surface area contributed by atoms with E-state index in [1.807, 2.05) is 35.3 Å². The van der Waals surface area contributed by atoms with E-state index in [9.17, 15) is 0 Å². The first kappa shape index (κ1) is 30.4. The van der Waals surface area contributed by atoms with Crippen LogP contribution >= 0.6 is 35.3 Å². The fourth-order valence-corrected chi connectivity index (χ4v) is 10.9. The molecular formula is C45H33NS3. The molecular weight excluding hydrogens is 651 g/mol. The summed E-state index contributed by atoms with van der Waals surface area (Å²) in [5.74, 6) is 0. The minimum absolute atomic E-state index is 0.117. The Morgan fingerprint density at radius 3 is 1.53 bits per heavy atom. The zero-order valence-corrected chi connectivity index (χ0v) is 29.7. The van der Waals surface area contributed by atoms with E-state index in [2.05, 4.69) is 183 Å². The van der Waals surface area contributed by atoms with Crippen molar-refractivity contribution in [2.45, 2.75) is 48.6 Å². The zero-order valence-electron chi connectivity index (χ0n) is 27.3. The summed E-state index contributed by atoms with van der Waals surface area (Å²) in [6.07, 6.45) is 0. The van der Waals surface area contributed by atoms with Crippen molar-refractivity contribution in [3.8, 4) is 22.3 Å². The molecule has 0 saturated carbocycles.